The SMILES string of the molecule is Cn1cc(C=CC(=O)N2CCC(C(=O)c3ccc4c(c3)OCCO4)CC2)cn1. The van der Waals surface area contributed by atoms with Crippen LogP contribution in [0.5, 0.6) is 11.5 Å². The van der Waals surface area contributed by atoms with Gasteiger partial charge in [0.15, 0.2) is 17.3 Å². The number of aryl methyl sites for hydroxylation is 1. The van der Waals surface area contributed by atoms with Gasteiger partial charge in [0.1, 0.15) is 13.2 Å². The number of benzene rings is 1. The molecule has 0 atom stereocenters. The number of carbonyl (C=O) groups is 2. The van der Waals surface area contributed by atoms with Crippen molar-refractivity contribution >= 4 is 17.8 Å². The van der Waals surface area contributed by atoms with Gasteiger partial charge in [-0.1, -0.05) is 0 Å². The molecule has 2 aromatic rings. The van der Waals surface area contributed by atoms with Gasteiger partial charge in [-0.3, -0.25) is 14.3 Å². The lowest BCUT2D eigenvalue weighted by molar-refractivity contribution is -0.127. The molecule has 0 spiro atoms. The van der Waals surface area contributed by atoms with Crippen molar-refractivity contribution in [1.82, 2.24) is 14.7 Å². The minimum atomic E-state index is -0.0751. The maximum absolute atomic E-state index is 12.9. The van der Waals surface area contributed by atoms with Crippen LogP contribution in [0.4, 0.5) is 0 Å². The van der Waals surface area contributed by atoms with Crippen LogP contribution >= 0.6 is 0 Å². The smallest absolute Gasteiger partial charge is 0.246 e. The minimum Gasteiger partial charge on any atom is -0.486 e. The van der Waals surface area contributed by atoms with E-state index < -0.39 is 0 Å². The number of rotatable bonds is 4. The van der Waals surface area contributed by atoms with Gasteiger partial charge in [0.2, 0.25) is 5.91 Å². The van der Waals surface area contributed by atoms with Crippen LogP contribution in [0.15, 0.2) is 36.7 Å². The van der Waals surface area contributed by atoms with E-state index in [0.29, 0.717) is 56.2 Å². The monoisotopic (exact) mass is 381 g/mol. The Morgan fingerprint density at radius 2 is 1.89 bits per heavy atom. The van der Waals surface area contributed by atoms with Gasteiger partial charge < -0.3 is 14.4 Å². The van der Waals surface area contributed by atoms with Crippen molar-refractivity contribution in [3.8, 4) is 11.5 Å². The fourth-order valence-electron chi connectivity index (χ4n) is 3.59. The first-order valence-electron chi connectivity index (χ1n) is 9.49. The highest BCUT2D eigenvalue weighted by atomic mass is 16.6. The quantitative estimate of drug-likeness (QED) is 0.600. The Balaban J connectivity index is 1.34. The number of hydrogen-bond donors (Lipinski definition) is 0. The third kappa shape index (κ3) is 3.93. The number of carbonyl (C=O) groups excluding carboxylic acids is 2. The lowest BCUT2D eigenvalue weighted by atomic mass is 9.88. The number of fused-ring (bicyclic) bond motifs is 1. The third-order valence-corrected chi connectivity index (χ3v) is 5.15. The van der Waals surface area contributed by atoms with E-state index in [2.05, 4.69) is 5.10 Å². The maximum atomic E-state index is 12.9. The number of ketones is 1. The highest BCUT2D eigenvalue weighted by Gasteiger charge is 2.28. The van der Waals surface area contributed by atoms with Crippen molar-refractivity contribution in [2.24, 2.45) is 13.0 Å². The molecule has 1 aromatic carbocycles. The molecule has 7 nitrogen and oxygen atoms in total. The van der Waals surface area contributed by atoms with E-state index in [0.717, 1.165) is 5.56 Å². The average Bonchev–Trinajstić information content (AvgIpc) is 3.16. The van der Waals surface area contributed by atoms with E-state index >= 15 is 0 Å². The summed E-state index contributed by atoms with van der Waals surface area (Å²) in [4.78, 5) is 27.0. The Labute approximate surface area is 163 Å². The molecule has 28 heavy (non-hydrogen) atoms. The Morgan fingerprint density at radius 3 is 2.61 bits per heavy atom. The molecule has 0 bridgehead atoms. The number of piperidine rings is 1. The van der Waals surface area contributed by atoms with Gasteiger partial charge in [0.25, 0.3) is 0 Å². The van der Waals surface area contributed by atoms with Gasteiger partial charge in [-0.15, -0.1) is 0 Å². The van der Waals surface area contributed by atoms with Crippen LogP contribution < -0.4 is 9.47 Å². The van der Waals surface area contributed by atoms with Gasteiger partial charge in [-0.05, 0) is 37.1 Å². The molecule has 1 saturated heterocycles. The number of Topliss-reactive ketones (excluding diaryl/α,β-unsaturated/α-hetero) is 1. The third-order valence-electron chi connectivity index (χ3n) is 5.15. The molecule has 146 valence electrons. The molecule has 4 rings (SSSR count). The lowest BCUT2D eigenvalue weighted by Crippen LogP contribution is -2.39. The van der Waals surface area contributed by atoms with Gasteiger partial charge in [-0.2, -0.15) is 5.10 Å². The molecule has 2 aliphatic rings. The van der Waals surface area contributed by atoms with E-state index in [1.165, 1.54) is 0 Å². The van der Waals surface area contributed by atoms with Crippen molar-refractivity contribution in [1.29, 1.82) is 0 Å². The zero-order valence-corrected chi connectivity index (χ0v) is 15.8. The molecular formula is C21H23N3O4. The standard InChI is InChI=1S/C21H23N3O4/c1-23-14-15(13-22-23)2-5-20(25)24-8-6-16(7-9-24)21(26)17-3-4-18-19(12-17)28-11-10-27-18/h2-5,12-14,16H,6-11H2,1H3. The summed E-state index contributed by atoms with van der Waals surface area (Å²) in [6, 6.07) is 5.36. The number of nitrogens with zero attached hydrogens (tertiary/aromatic N) is 3. The maximum Gasteiger partial charge on any atom is 0.246 e. The van der Waals surface area contributed by atoms with E-state index in [-0.39, 0.29) is 17.6 Å². The molecule has 1 aromatic heterocycles. The first kappa shape index (κ1) is 18.3. The van der Waals surface area contributed by atoms with Crippen LogP contribution in [-0.2, 0) is 11.8 Å². The summed E-state index contributed by atoms with van der Waals surface area (Å²) in [6.45, 7) is 2.19. The molecule has 0 aliphatic carbocycles. The second-order valence-electron chi connectivity index (χ2n) is 7.10. The van der Waals surface area contributed by atoms with Crippen molar-refractivity contribution in [3.05, 3.63) is 47.8 Å². The molecular weight excluding hydrogens is 358 g/mol. The highest BCUT2D eigenvalue weighted by molar-refractivity contribution is 5.99. The molecule has 2 aliphatic heterocycles. The number of hydrogen-bond acceptors (Lipinski definition) is 5. The van der Waals surface area contributed by atoms with Crippen LogP contribution in [0.3, 0.4) is 0 Å². The summed E-state index contributed by atoms with van der Waals surface area (Å²) in [5.41, 5.74) is 1.53. The Bertz CT molecular complexity index is 910. The minimum absolute atomic E-state index is 0.0333. The van der Waals surface area contributed by atoms with Crippen LogP contribution in [0.1, 0.15) is 28.8 Å². The van der Waals surface area contributed by atoms with Crippen molar-refractivity contribution in [2.45, 2.75) is 12.8 Å². The van der Waals surface area contributed by atoms with Crippen LogP contribution in [0.25, 0.3) is 6.08 Å². The normalized spacial score (nSPS) is 17.1. The van der Waals surface area contributed by atoms with Crippen LogP contribution in [0.2, 0.25) is 0 Å². The fourth-order valence-corrected chi connectivity index (χ4v) is 3.59. The molecule has 1 amide bonds. The van der Waals surface area contributed by atoms with E-state index in [4.69, 9.17) is 9.47 Å². The summed E-state index contributed by atoms with van der Waals surface area (Å²) >= 11 is 0. The predicted molar refractivity (Wildman–Crippen MR) is 103 cm³/mol. The fraction of sp³-hybridized carbons (Fsp3) is 0.381. The van der Waals surface area contributed by atoms with Gasteiger partial charge in [0.05, 0.1) is 6.20 Å². The number of ether oxygens (including phenoxy) is 2. The van der Waals surface area contributed by atoms with Gasteiger partial charge in [0, 0.05) is 49.5 Å². The predicted octanol–water partition coefficient (Wildman–Crippen LogP) is 2.33. The number of aromatic nitrogens is 2. The average molecular weight is 381 g/mol. The Hall–Kier alpha value is -3.09. The summed E-state index contributed by atoms with van der Waals surface area (Å²) in [5, 5.41) is 4.08. The lowest BCUT2D eigenvalue weighted by Gasteiger charge is -2.30. The van der Waals surface area contributed by atoms with Gasteiger partial charge >= 0.3 is 0 Å². The van der Waals surface area contributed by atoms with Crippen LogP contribution in [-0.4, -0.2) is 52.7 Å². The van der Waals surface area contributed by atoms with E-state index in [9.17, 15) is 9.59 Å². The van der Waals surface area contributed by atoms with Crippen molar-refractivity contribution in [3.63, 3.8) is 0 Å². The number of likely N-dealkylation sites (tertiary alicyclic amines) is 1. The van der Waals surface area contributed by atoms with E-state index in [1.807, 2.05) is 13.2 Å². The summed E-state index contributed by atoms with van der Waals surface area (Å²) < 4.78 is 12.8. The zero-order valence-electron chi connectivity index (χ0n) is 15.8. The molecule has 3 heterocycles. The molecule has 0 N–H and O–H groups in total. The zero-order chi connectivity index (χ0) is 19.5. The van der Waals surface area contributed by atoms with Crippen LogP contribution in [0, 0.1) is 5.92 Å². The molecule has 1 fully saturated rings. The van der Waals surface area contributed by atoms with Crippen molar-refractivity contribution in [2.75, 3.05) is 26.3 Å². The second-order valence-corrected chi connectivity index (χ2v) is 7.10. The summed E-state index contributed by atoms with van der Waals surface area (Å²) in [6.07, 6.45) is 8.23. The largest absolute Gasteiger partial charge is 0.486 e. The molecule has 0 radical (unpaired) electrons. The summed E-state index contributed by atoms with van der Waals surface area (Å²) in [5.74, 6) is 1.31. The summed E-state index contributed by atoms with van der Waals surface area (Å²) in [7, 11) is 1.84. The van der Waals surface area contributed by atoms with Crippen molar-refractivity contribution < 1.29 is 19.1 Å². The van der Waals surface area contributed by atoms with Gasteiger partial charge in [-0.25, -0.2) is 0 Å². The second kappa shape index (κ2) is 7.88. The first-order chi connectivity index (χ1) is 13.6. The van der Waals surface area contributed by atoms with E-state index in [1.54, 1.807) is 46.1 Å². The first-order valence-corrected chi connectivity index (χ1v) is 9.49. The molecule has 0 saturated carbocycles. The highest BCUT2D eigenvalue weighted by Crippen LogP contribution is 2.32. The number of amides is 1. The Kier molecular flexibility index (Phi) is 5.14. The topological polar surface area (TPSA) is 73.7 Å². The Morgan fingerprint density at radius 1 is 1.14 bits per heavy atom. The molecule has 7 heteroatoms. The molecule has 0 unspecified atom stereocenters.